The zero-order chi connectivity index (χ0) is 17.7. The number of hydrogen-bond acceptors (Lipinski definition) is 5. The third kappa shape index (κ3) is 3.88. The summed E-state index contributed by atoms with van der Waals surface area (Å²) in [5, 5.41) is 13.0. The smallest absolute Gasteiger partial charge is 0.344 e. The summed E-state index contributed by atoms with van der Waals surface area (Å²) in [6.45, 7) is -0.862. The molecule has 0 spiro atoms. The van der Waals surface area contributed by atoms with Gasteiger partial charge in [-0.15, -0.1) is 0 Å². The Morgan fingerprint density at radius 2 is 1.71 bits per heavy atom. The molecule has 0 radical (unpaired) electrons. The fraction of sp³-hybridized carbons (Fsp3) is 0.0667. The van der Waals surface area contributed by atoms with Crippen LogP contribution in [-0.4, -0.2) is 23.4 Å². The summed E-state index contributed by atoms with van der Waals surface area (Å²) in [4.78, 5) is 33.4. The van der Waals surface area contributed by atoms with Crippen molar-refractivity contribution in [3.8, 4) is 0 Å². The standard InChI is InChI=1S/C15H10F2N2O5/c16-9-4-3-5-10(17)14(9)15(21)24-8-13(20)18-11-6-1-2-7-12(11)19(22)23/h1-7H,8H2,(H,18,20). The van der Waals surface area contributed by atoms with Gasteiger partial charge < -0.3 is 10.1 Å². The van der Waals surface area contributed by atoms with E-state index in [1.54, 1.807) is 0 Å². The van der Waals surface area contributed by atoms with Crippen LogP contribution in [0.15, 0.2) is 42.5 Å². The van der Waals surface area contributed by atoms with E-state index in [4.69, 9.17) is 0 Å². The SMILES string of the molecule is O=C(COC(=O)c1c(F)cccc1F)Nc1ccccc1[N+](=O)[O-]. The summed E-state index contributed by atoms with van der Waals surface area (Å²) >= 11 is 0. The number of nitro benzene ring substituents is 1. The molecule has 0 aliphatic carbocycles. The van der Waals surface area contributed by atoms with Crippen LogP contribution in [0.4, 0.5) is 20.2 Å². The number of anilines is 1. The molecule has 2 aromatic rings. The molecule has 24 heavy (non-hydrogen) atoms. The molecule has 2 aromatic carbocycles. The molecule has 124 valence electrons. The van der Waals surface area contributed by atoms with Crippen molar-refractivity contribution in [2.24, 2.45) is 0 Å². The number of benzene rings is 2. The number of para-hydroxylation sites is 2. The number of nitro groups is 1. The van der Waals surface area contributed by atoms with Crippen LogP contribution in [0.2, 0.25) is 0 Å². The summed E-state index contributed by atoms with van der Waals surface area (Å²) in [5.41, 5.74) is -1.37. The minimum Gasteiger partial charge on any atom is -0.452 e. The van der Waals surface area contributed by atoms with Gasteiger partial charge in [0.15, 0.2) is 6.61 Å². The van der Waals surface area contributed by atoms with Gasteiger partial charge in [-0.25, -0.2) is 13.6 Å². The lowest BCUT2D eigenvalue weighted by Gasteiger charge is -2.08. The molecule has 0 saturated carbocycles. The van der Waals surface area contributed by atoms with Gasteiger partial charge in [-0.1, -0.05) is 18.2 Å². The van der Waals surface area contributed by atoms with Crippen LogP contribution in [0.25, 0.3) is 0 Å². The van der Waals surface area contributed by atoms with E-state index in [0.717, 1.165) is 18.2 Å². The van der Waals surface area contributed by atoms with Gasteiger partial charge in [0, 0.05) is 6.07 Å². The van der Waals surface area contributed by atoms with E-state index >= 15 is 0 Å². The Bertz CT molecular complexity index is 790. The highest BCUT2D eigenvalue weighted by atomic mass is 19.1. The molecule has 9 heteroatoms. The maximum absolute atomic E-state index is 13.4. The van der Waals surface area contributed by atoms with E-state index in [0.29, 0.717) is 0 Å². The summed E-state index contributed by atoms with van der Waals surface area (Å²) < 4.78 is 31.3. The van der Waals surface area contributed by atoms with E-state index in [2.05, 4.69) is 10.1 Å². The molecule has 2 rings (SSSR count). The molecule has 0 bridgehead atoms. The second kappa shape index (κ2) is 7.27. The van der Waals surface area contributed by atoms with Crippen molar-refractivity contribution < 1.29 is 28.0 Å². The molecule has 1 amide bonds. The first-order valence-electron chi connectivity index (χ1n) is 6.54. The van der Waals surface area contributed by atoms with Crippen LogP contribution in [0, 0.1) is 21.7 Å². The van der Waals surface area contributed by atoms with Crippen LogP contribution >= 0.6 is 0 Å². The van der Waals surface area contributed by atoms with Crippen molar-refractivity contribution in [3.63, 3.8) is 0 Å². The van der Waals surface area contributed by atoms with Crippen molar-refractivity contribution in [1.29, 1.82) is 0 Å². The maximum atomic E-state index is 13.4. The normalized spacial score (nSPS) is 10.1. The molecular formula is C15H10F2N2O5. The van der Waals surface area contributed by atoms with Crippen molar-refractivity contribution in [2.75, 3.05) is 11.9 Å². The molecule has 0 saturated heterocycles. The zero-order valence-electron chi connectivity index (χ0n) is 12.0. The van der Waals surface area contributed by atoms with Gasteiger partial charge in [-0.2, -0.15) is 0 Å². The second-order valence-corrected chi connectivity index (χ2v) is 4.50. The zero-order valence-corrected chi connectivity index (χ0v) is 12.0. The number of halogens is 2. The molecule has 0 heterocycles. The highest BCUT2D eigenvalue weighted by Gasteiger charge is 2.20. The number of nitrogens with zero attached hydrogens (tertiary/aromatic N) is 1. The number of amides is 1. The molecule has 0 aliphatic heterocycles. The maximum Gasteiger partial charge on any atom is 0.344 e. The minimum absolute atomic E-state index is 0.0966. The molecule has 0 atom stereocenters. The lowest BCUT2D eigenvalue weighted by molar-refractivity contribution is -0.383. The lowest BCUT2D eigenvalue weighted by Crippen LogP contribution is -2.22. The van der Waals surface area contributed by atoms with Crippen LogP contribution in [0.3, 0.4) is 0 Å². The first-order valence-corrected chi connectivity index (χ1v) is 6.54. The van der Waals surface area contributed by atoms with Crippen molar-refractivity contribution in [3.05, 3.63) is 69.8 Å². The average Bonchev–Trinajstić information content (AvgIpc) is 2.53. The van der Waals surface area contributed by atoms with Crippen molar-refractivity contribution in [1.82, 2.24) is 0 Å². The van der Waals surface area contributed by atoms with Crippen LogP contribution in [0.1, 0.15) is 10.4 Å². The molecule has 7 nitrogen and oxygen atoms in total. The van der Waals surface area contributed by atoms with Crippen LogP contribution in [0.5, 0.6) is 0 Å². The van der Waals surface area contributed by atoms with Crippen molar-refractivity contribution >= 4 is 23.3 Å². The predicted molar refractivity (Wildman–Crippen MR) is 78.4 cm³/mol. The van der Waals surface area contributed by atoms with E-state index in [1.165, 1.54) is 24.3 Å². The summed E-state index contributed by atoms with van der Waals surface area (Å²) in [5.74, 6) is -4.50. The molecule has 0 fully saturated rings. The Kier molecular flexibility index (Phi) is 5.15. The monoisotopic (exact) mass is 336 g/mol. The van der Waals surface area contributed by atoms with Gasteiger partial charge >= 0.3 is 5.97 Å². The predicted octanol–water partition coefficient (Wildman–Crippen LogP) is 2.67. The highest BCUT2D eigenvalue weighted by Crippen LogP contribution is 2.23. The quantitative estimate of drug-likeness (QED) is 0.514. The van der Waals surface area contributed by atoms with Gasteiger partial charge in [0.05, 0.1) is 4.92 Å². The fourth-order valence-corrected chi connectivity index (χ4v) is 1.82. The summed E-state index contributed by atoms with van der Waals surface area (Å²) in [7, 11) is 0. The first kappa shape index (κ1) is 17.0. The minimum atomic E-state index is -1.36. The number of esters is 1. The van der Waals surface area contributed by atoms with Gasteiger partial charge in [-0.3, -0.25) is 14.9 Å². The number of hydrogen-bond donors (Lipinski definition) is 1. The van der Waals surface area contributed by atoms with Crippen LogP contribution < -0.4 is 5.32 Å². The van der Waals surface area contributed by atoms with Gasteiger partial charge in [0.2, 0.25) is 0 Å². The van der Waals surface area contributed by atoms with E-state index in [9.17, 15) is 28.5 Å². The Hall–Kier alpha value is -3.36. The Balaban J connectivity index is 2.02. The second-order valence-electron chi connectivity index (χ2n) is 4.50. The lowest BCUT2D eigenvalue weighted by atomic mass is 10.2. The van der Waals surface area contributed by atoms with Crippen molar-refractivity contribution in [2.45, 2.75) is 0 Å². The molecule has 0 aliphatic rings. The third-order valence-electron chi connectivity index (χ3n) is 2.88. The van der Waals surface area contributed by atoms with Gasteiger partial charge in [0.1, 0.15) is 22.9 Å². The van der Waals surface area contributed by atoms with E-state index < -0.39 is 40.6 Å². The Morgan fingerprint density at radius 1 is 1.08 bits per heavy atom. The fourth-order valence-electron chi connectivity index (χ4n) is 1.82. The number of rotatable bonds is 5. The highest BCUT2D eigenvalue weighted by molar-refractivity contribution is 5.96. The summed E-state index contributed by atoms with van der Waals surface area (Å²) in [6.07, 6.45) is 0. The number of nitrogens with one attached hydrogen (secondary N) is 1. The Labute approximate surface area is 134 Å². The third-order valence-corrected chi connectivity index (χ3v) is 2.88. The number of carbonyl (C=O) groups excluding carboxylic acids is 2. The largest absolute Gasteiger partial charge is 0.452 e. The van der Waals surface area contributed by atoms with Crippen LogP contribution in [-0.2, 0) is 9.53 Å². The number of ether oxygens (including phenoxy) is 1. The van der Waals surface area contributed by atoms with Gasteiger partial charge in [0.25, 0.3) is 11.6 Å². The molecule has 1 N–H and O–H groups in total. The molecular weight excluding hydrogens is 326 g/mol. The van der Waals surface area contributed by atoms with Gasteiger partial charge in [-0.05, 0) is 18.2 Å². The summed E-state index contributed by atoms with van der Waals surface area (Å²) in [6, 6.07) is 8.14. The van der Waals surface area contributed by atoms with E-state index in [1.807, 2.05) is 0 Å². The molecule has 0 aromatic heterocycles. The number of carbonyl (C=O) groups is 2. The average molecular weight is 336 g/mol. The first-order chi connectivity index (χ1) is 11.4. The Morgan fingerprint density at radius 3 is 2.33 bits per heavy atom. The van der Waals surface area contributed by atoms with E-state index in [-0.39, 0.29) is 11.4 Å². The topological polar surface area (TPSA) is 98.5 Å². The molecule has 0 unspecified atom stereocenters.